The van der Waals surface area contributed by atoms with Crippen LogP contribution < -0.4 is 0 Å². The van der Waals surface area contributed by atoms with Gasteiger partial charge in [0.15, 0.2) is 5.78 Å². The summed E-state index contributed by atoms with van der Waals surface area (Å²) in [4.78, 5) is 22.3. The van der Waals surface area contributed by atoms with Crippen LogP contribution in [0.1, 0.15) is 34.7 Å². The molecule has 25 heavy (non-hydrogen) atoms. The Bertz CT molecular complexity index is 901. The summed E-state index contributed by atoms with van der Waals surface area (Å²) in [6.45, 7) is 6.75. The first-order chi connectivity index (χ1) is 12.0. The van der Waals surface area contributed by atoms with Gasteiger partial charge in [-0.3, -0.25) is 4.79 Å². The predicted octanol–water partition coefficient (Wildman–Crippen LogP) is 4.29. The molecule has 0 aliphatic heterocycles. The summed E-state index contributed by atoms with van der Waals surface area (Å²) in [5.74, 6) is 0.487. The number of rotatable bonds is 7. The average Bonchev–Trinajstić information content (AvgIpc) is 3.17. The Morgan fingerprint density at radius 2 is 2.20 bits per heavy atom. The molecule has 3 aromatic heterocycles. The Balaban J connectivity index is 1.78. The maximum atomic E-state index is 12.8. The summed E-state index contributed by atoms with van der Waals surface area (Å²) in [6.07, 6.45) is 1.56. The average molecular weight is 376 g/mol. The highest BCUT2D eigenvalue weighted by Crippen LogP contribution is 2.29. The Labute approximate surface area is 155 Å². The molecule has 0 aromatic carbocycles. The van der Waals surface area contributed by atoms with E-state index in [1.807, 2.05) is 31.4 Å². The molecule has 0 saturated carbocycles. The summed E-state index contributed by atoms with van der Waals surface area (Å²) in [5, 5.41) is 3.88. The molecule has 1 atom stereocenters. The fourth-order valence-corrected chi connectivity index (χ4v) is 4.81. The van der Waals surface area contributed by atoms with E-state index in [2.05, 4.69) is 21.5 Å². The molecule has 1 unspecified atom stereocenters. The highest BCUT2D eigenvalue weighted by atomic mass is 32.2. The Morgan fingerprint density at radius 3 is 2.96 bits per heavy atom. The first kappa shape index (κ1) is 18.1. The molecule has 0 N–H and O–H groups in total. The standard InChI is InChI=1S/C18H21N3O2S2/c1-11-7-15(13(3)21(11)12(2)8-23-4)16(22)9-25-18-14-5-6-24-17(14)19-10-20-18/h5-7,10,12H,8-9H2,1-4H3. The number of thioether (sulfide) groups is 1. The van der Waals surface area contributed by atoms with Crippen molar-refractivity contribution < 1.29 is 9.53 Å². The number of aromatic nitrogens is 3. The number of carbonyl (C=O) groups excluding carboxylic acids is 1. The molecule has 0 spiro atoms. The van der Waals surface area contributed by atoms with Crippen LogP contribution in [0.2, 0.25) is 0 Å². The van der Waals surface area contributed by atoms with Crippen LogP contribution in [0.3, 0.4) is 0 Å². The molecule has 0 radical (unpaired) electrons. The van der Waals surface area contributed by atoms with E-state index in [9.17, 15) is 4.79 Å². The van der Waals surface area contributed by atoms with Gasteiger partial charge in [-0.2, -0.15) is 0 Å². The molecule has 7 heteroatoms. The molecule has 0 fully saturated rings. The third kappa shape index (κ3) is 3.63. The molecule has 3 heterocycles. The smallest absolute Gasteiger partial charge is 0.174 e. The zero-order valence-corrected chi connectivity index (χ0v) is 16.4. The van der Waals surface area contributed by atoms with E-state index >= 15 is 0 Å². The minimum atomic E-state index is 0.121. The van der Waals surface area contributed by atoms with Crippen molar-refractivity contribution in [3.05, 3.63) is 40.8 Å². The van der Waals surface area contributed by atoms with Crippen molar-refractivity contribution >= 4 is 39.1 Å². The van der Waals surface area contributed by atoms with E-state index in [-0.39, 0.29) is 11.8 Å². The molecular formula is C18H21N3O2S2. The van der Waals surface area contributed by atoms with Gasteiger partial charge < -0.3 is 9.30 Å². The highest BCUT2D eigenvalue weighted by Gasteiger charge is 2.19. The zero-order chi connectivity index (χ0) is 18.0. The molecule has 3 aromatic rings. The molecular weight excluding hydrogens is 354 g/mol. The third-order valence-corrected chi connectivity index (χ3v) is 6.02. The lowest BCUT2D eigenvalue weighted by Crippen LogP contribution is -2.14. The first-order valence-electron chi connectivity index (χ1n) is 8.04. The van der Waals surface area contributed by atoms with Gasteiger partial charge in [0, 0.05) is 29.4 Å². The minimum Gasteiger partial charge on any atom is -0.383 e. The van der Waals surface area contributed by atoms with Crippen LogP contribution >= 0.6 is 23.1 Å². The third-order valence-electron chi connectivity index (χ3n) is 4.20. The van der Waals surface area contributed by atoms with Gasteiger partial charge in [-0.05, 0) is 38.3 Å². The summed E-state index contributed by atoms with van der Waals surface area (Å²) < 4.78 is 7.42. The zero-order valence-electron chi connectivity index (χ0n) is 14.8. The van der Waals surface area contributed by atoms with Crippen molar-refractivity contribution in [2.45, 2.75) is 31.8 Å². The van der Waals surface area contributed by atoms with E-state index in [4.69, 9.17) is 4.74 Å². The predicted molar refractivity (Wildman–Crippen MR) is 103 cm³/mol. The van der Waals surface area contributed by atoms with Crippen LogP contribution in [-0.4, -0.2) is 39.8 Å². The molecule has 0 bridgehead atoms. The van der Waals surface area contributed by atoms with Gasteiger partial charge >= 0.3 is 0 Å². The number of carbonyl (C=O) groups is 1. The second-order valence-corrected chi connectivity index (χ2v) is 7.85. The number of nitrogens with zero attached hydrogens (tertiary/aromatic N) is 3. The lowest BCUT2D eigenvalue weighted by molar-refractivity contribution is 0.102. The van der Waals surface area contributed by atoms with Crippen LogP contribution in [0, 0.1) is 13.8 Å². The first-order valence-corrected chi connectivity index (χ1v) is 9.91. The number of hydrogen-bond donors (Lipinski definition) is 0. The molecule has 0 amide bonds. The largest absolute Gasteiger partial charge is 0.383 e. The normalized spacial score (nSPS) is 12.6. The Kier molecular flexibility index (Phi) is 5.56. The number of methoxy groups -OCH3 is 1. The quantitative estimate of drug-likeness (QED) is 0.350. The van der Waals surface area contributed by atoms with Crippen LogP contribution in [0.25, 0.3) is 10.2 Å². The summed E-state index contributed by atoms with van der Waals surface area (Å²) in [7, 11) is 1.69. The SMILES string of the molecule is COCC(C)n1c(C)cc(C(=O)CSc2ncnc3sccc23)c1C. The summed E-state index contributed by atoms with van der Waals surface area (Å²) >= 11 is 3.06. The van der Waals surface area contributed by atoms with Crippen molar-refractivity contribution in [2.24, 2.45) is 0 Å². The lowest BCUT2D eigenvalue weighted by atomic mass is 10.2. The fourth-order valence-electron chi connectivity index (χ4n) is 3.15. The number of hydrogen-bond acceptors (Lipinski definition) is 6. The maximum absolute atomic E-state index is 12.8. The van der Waals surface area contributed by atoms with Crippen LogP contribution in [-0.2, 0) is 4.74 Å². The fraction of sp³-hybridized carbons (Fsp3) is 0.389. The Morgan fingerprint density at radius 1 is 1.40 bits per heavy atom. The Hall–Kier alpha value is -1.70. The lowest BCUT2D eigenvalue weighted by Gasteiger charge is -2.17. The van der Waals surface area contributed by atoms with Gasteiger partial charge in [-0.15, -0.1) is 11.3 Å². The van der Waals surface area contributed by atoms with E-state index in [1.165, 1.54) is 11.8 Å². The van der Waals surface area contributed by atoms with E-state index in [1.54, 1.807) is 24.8 Å². The van der Waals surface area contributed by atoms with Crippen LogP contribution in [0.4, 0.5) is 0 Å². The number of ketones is 1. The van der Waals surface area contributed by atoms with Gasteiger partial charge in [0.2, 0.25) is 0 Å². The van der Waals surface area contributed by atoms with Crippen molar-refractivity contribution in [3.8, 4) is 0 Å². The van der Waals surface area contributed by atoms with E-state index in [0.717, 1.165) is 32.2 Å². The number of thiophene rings is 1. The van der Waals surface area contributed by atoms with Crippen LogP contribution in [0.5, 0.6) is 0 Å². The number of Topliss-reactive ketones (excluding diaryl/α,β-unsaturated/α-hetero) is 1. The minimum absolute atomic E-state index is 0.121. The molecule has 5 nitrogen and oxygen atoms in total. The monoisotopic (exact) mass is 375 g/mol. The van der Waals surface area contributed by atoms with Crippen molar-refractivity contribution in [2.75, 3.05) is 19.5 Å². The van der Waals surface area contributed by atoms with Crippen molar-refractivity contribution in [1.29, 1.82) is 0 Å². The number of aryl methyl sites for hydroxylation is 1. The van der Waals surface area contributed by atoms with E-state index < -0.39 is 0 Å². The van der Waals surface area contributed by atoms with Crippen molar-refractivity contribution in [3.63, 3.8) is 0 Å². The van der Waals surface area contributed by atoms with Crippen molar-refractivity contribution in [1.82, 2.24) is 14.5 Å². The van der Waals surface area contributed by atoms with Gasteiger partial charge in [0.05, 0.1) is 18.4 Å². The molecule has 3 rings (SSSR count). The molecule has 0 aliphatic rings. The number of ether oxygens (including phenoxy) is 1. The van der Waals surface area contributed by atoms with Gasteiger partial charge in [0.1, 0.15) is 16.2 Å². The summed E-state index contributed by atoms with van der Waals surface area (Å²) in [5.41, 5.74) is 2.86. The summed E-state index contributed by atoms with van der Waals surface area (Å²) in [6, 6.07) is 4.18. The highest BCUT2D eigenvalue weighted by molar-refractivity contribution is 8.00. The molecule has 0 saturated heterocycles. The van der Waals surface area contributed by atoms with E-state index in [0.29, 0.717) is 12.4 Å². The van der Waals surface area contributed by atoms with Gasteiger partial charge in [-0.25, -0.2) is 9.97 Å². The number of fused-ring (bicyclic) bond motifs is 1. The molecule has 132 valence electrons. The van der Waals surface area contributed by atoms with Gasteiger partial charge in [-0.1, -0.05) is 11.8 Å². The van der Waals surface area contributed by atoms with Crippen LogP contribution in [0.15, 0.2) is 28.9 Å². The van der Waals surface area contributed by atoms with Gasteiger partial charge in [0.25, 0.3) is 0 Å². The maximum Gasteiger partial charge on any atom is 0.174 e. The second-order valence-electron chi connectivity index (χ2n) is 5.99. The second kappa shape index (κ2) is 7.68. The topological polar surface area (TPSA) is 57.0 Å². The molecule has 0 aliphatic carbocycles.